The fourth-order valence-corrected chi connectivity index (χ4v) is 2.88. The van der Waals surface area contributed by atoms with Gasteiger partial charge in [-0.2, -0.15) is 0 Å². The molecule has 1 aromatic carbocycles. The van der Waals surface area contributed by atoms with E-state index in [9.17, 15) is 9.18 Å². The summed E-state index contributed by atoms with van der Waals surface area (Å²) in [6.07, 6.45) is 2.89. The number of anilines is 1. The highest BCUT2D eigenvalue weighted by molar-refractivity contribution is 5.97. The number of aryl methyl sites for hydroxylation is 1. The number of nitrogens with zero attached hydrogens (tertiary/aromatic N) is 4. The topological polar surface area (TPSA) is 97.3 Å². The Morgan fingerprint density at radius 1 is 1.50 bits per heavy atom. The highest BCUT2D eigenvalue weighted by Gasteiger charge is 2.33. The molecule has 128 valence electrons. The van der Waals surface area contributed by atoms with Crippen molar-refractivity contribution >= 4 is 11.6 Å². The molecule has 8 heteroatoms. The van der Waals surface area contributed by atoms with Gasteiger partial charge in [0.1, 0.15) is 17.6 Å². The first kappa shape index (κ1) is 16.5. The number of rotatable bonds is 4. The van der Waals surface area contributed by atoms with E-state index in [1.165, 1.54) is 15.6 Å². The highest BCUT2D eigenvalue weighted by atomic mass is 19.1. The van der Waals surface area contributed by atoms with Crippen molar-refractivity contribution in [1.29, 1.82) is 0 Å². The molecular weight excluding hydrogens is 313 g/mol. The number of hydrogen-bond donors (Lipinski definition) is 2. The Morgan fingerprint density at radius 3 is 3.04 bits per heavy atom. The largest absolute Gasteiger partial charge is 0.394 e. The molecule has 1 aliphatic rings. The average molecular weight is 333 g/mol. The SMILES string of the molecule is Cc1ccc(F)c(N2CCCC(n3cc(C(N)CO)nn3)C2=O)c1. The van der Waals surface area contributed by atoms with E-state index in [0.29, 0.717) is 18.7 Å². The first-order chi connectivity index (χ1) is 11.5. The number of aromatic nitrogens is 3. The van der Waals surface area contributed by atoms with Gasteiger partial charge in [-0.1, -0.05) is 11.3 Å². The summed E-state index contributed by atoms with van der Waals surface area (Å²) in [5.74, 6) is -0.643. The zero-order chi connectivity index (χ0) is 17.3. The fourth-order valence-electron chi connectivity index (χ4n) is 2.88. The molecule has 7 nitrogen and oxygen atoms in total. The van der Waals surface area contributed by atoms with Crippen LogP contribution in [-0.4, -0.2) is 39.2 Å². The Balaban J connectivity index is 1.87. The van der Waals surface area contributed by atoms with Crippen LogP contribution in [-0.2, 0) is 4.79 Å². The van der Waals surface area contributed by atoms with Crippen LogP contribution in [0.25, 0.3) is 0 Å². The number of carbonyl (C=O) groups is 1. The molecule has 1 amide bonds. The minimum atomic E-state index is -0.636. The molecule has 2 unspecified atom stereocenters. The standard InChI is InChI=1S/C16H20FN5O2/c1-10-4-5-11(17)15(7-10)21-6-2-3-14(16(21)24)22-8-13(19-20-22)12(18)9-23/h4-5,7-8,12,14,23H,2-3,6,9,18H2,1H3. The van der Waals surface area contributed by atoms with Crippen LogP contribution in [0.5, 0.6) is 0 Å². The highest BCUT2D eigenvalue weighted by Crippen LogP contribution is 2.29. The van der Waals surface area contributed by atoms with Crippen LogP contribution in [0.1, 0.15) is 36.2 Å². The van der Waals surface area contributed by atoms with Crippen LogP contribution >= 0.6 is 0 Å². The van der Waals surface area contributed by atoms with Gasteiger partial charge in [0.2, 0.25) is 0 Å². The first-order valence-corrected chi connectivity index (χ1v) is 7.87. The van der Waals surface area contributed by atoms with Gasteiger partial charge in [-0.05, 0) is 37.5 Å². The van der Waals surface area contributed by atoms with Crippen LogP contribution in [0.3, 0.4) is 0 Å². The average Bonchev–Trinajstić information content (AvgIpc) is 3.06. The second kappa shape index (κ2) is 6.66. The maximum atomic E-state index is 14.1. The lowest BCUT2D eigenvalue weighted by atomic mass is 10.0. The van der Waals surface area contributed by atoms with Crippen molar-refractivity contribution in [2.45, 2.75) is 31.8 Å². The van der Waals surface area contributed by atoms with Gasteiger partial charge in [0.05, 0.1) is 24.5 Å². The van der Waals surface area contributed by atoms with E-state index in [-0.39, 0.29) is 18.2 Å². The molecule has 2 atom stereocenters. The molecule has 0 saturated carbocycles. The van der Waals surface area contributed by atoms with E-state index in [4.69, 9.17) is 10.8 Å². The van der Waals surface area contributed by atoms with Gasteiger partial charge in [0, 0.05) is 6.54 Å². The molecule has 0 radical (unpaired) electrons. The summed E-state index contributed by atoms with van der Waals surface area (Å²) in [5.41, 5.74) is 7.31. The predicted molar refractivity (Wildman–Crippen MR) is 85.8 cm³/mol. The van der Waals surface area contributed by atoms with Crippen LogP contribution in [0.4, 0.5) is 10.1 Å². The van der Waals surface area contributed by atoms with Gasteiger partial charge in [-0.15, -0.1) is 5.10 Å². The number of amides is 1. The lowest BCUT2D eigenvalue weighted by molar-refractivity contribution is -0.123. The molecule has 1 aliphatic heterocycles. The Hall–Kier alpha value is -2.32. The number of carbonyl (C=O) groups excluding carboxylic acids is 1. The molecule has 2 heterocycles. The van der Waals surface area contributed by atoms with E-state index in [1.54, 1.807) is 18.3 Å². The van der Waals surface area contributed by atoms with Crippen molar-refractivity contribution in [2.75, 3.05) is 18.1 Å². The van der Waals surface area contributed by atoms with Gasteiger partial charge in [-0.25, -0.2) is 9.07 Å². The summed E-state index contributed by atoms with van der Waals surface area (Å²) in [6.45, 7) is 2.07. The minimum Gasteiger partial charge on any atom is -0.394 e. The number of piperidine rings is 1. The first-order valence-electron chi connectivity index (χ1n) is 7.87. The molecule has 2 aromatic rings. The van der Waals surface area contributed by atoms with Crippen molar-refractivity contribution in [2.24, 2.45) is 5.73 Å². The summed E-state index contributed by atoms with van der Waals surface area (Å²) in [7, 11) is 0. The summed E-state index contributed by atoms with van der Waals surface area (Å²) in [5, 5.41) is 17.0. The van der Waals surface area contributed by atoms with Crippen LogP contribution in [0.15, 0.2) is 24.4 Å². The number of aliphatic hydroxyl groups is 1. The van der Waals surface area contributed by atoms with Crippen molar-refractivity contribution in [3.05, 3.63) is 41.5 Å². The fraction of sp³-hybridized carbons (Fsp3) is 0.438. The minimum absolute atomic E-state index is 0.222. The van der Waals surface area contributed by atoms with Crippen LogP contribution < -0.4 is 10.6 Å². The zero-order valence-corrected chi connectivity index (χ0v) is 13.4. The third-order valence-corrected chi connectivity index (χ3v) is 4.23. The summed E-state index contributed by atoms with van der Waals surface area (Å²) in [4.78, 5) is 14.3. The molecule has 1 fully saturated rings. The Kier molecular flexibility index (Phi) is 4.59. The smallest absolute Gasteiger partial charge is 0.251 e. The summed E-state index contributed by atoms with van der Waals surface area (Å²) >= 11 is 0. The third-order valence-electron chi connectivity index (χ3n) is 4.23. The molecule has 1 saturated heterocycles. The molecule has 24 heavy (non-hydrogen) atoms. The maximum Gasteiger partial charge on any atom is 0.251 e. The number of nitrogens with two attached hydrogens (primary N) is 1. The maximum absolute atomic E-state index is 14.1. The van der Waals surface area contributed by atoms with E-state index in [0.717, 1.165) is 12.0 Å². The normalized spacial score (nSPS) is 19.6. The monoisotopic (exact) mass is 333 g/mol. The second-order valence-electron chi connectivity index (χ2n) is 6.02. The van der Waals surface area contributed by atoms with Gasteiger partial charge in [0.25, 0.3) is 5.91 Å². The van der Waals surface area contributed by atoms with Gasteiger partial charge in [0.15, 0.2) is 0 Å². The van der Waals surface area contributed by atoms with Crippen molar-refractivity contribution in [3.63, 3.8) is 0 Å². The predicted octanol–water partition coefficient (Wildman–Crippen LogP) is 1.09. The molecule has 3 rings (SSSR count). The van der Waals surface area contributed by atoms with Crippen molar-refractivity contribution < 1.29 is 14.3 Å². The molecule has 0 spiro atoms. The van der Waals surface area contributed by atoms with E-state index < -0.39 is 17.9 Å². The summed E-state index contributed by atoms with van der Waals surface area (Å²) in [6, 6.07) is 3.53. The van der Waals surface area contributed by atoms with Gasteiger partial charge >= 0.3 is 0 Å². The molecule has 0 aliphatic carbocycles. The molecule has 0 bridgehead atoms. The second-order valence-corrected chi connectivity index (χ2v) is 6.02. The van der Waals surface area contributed by atoms with Crippen molar-refractivity contribution in [3.8, 4) is 0 Å². The molecular formula is C16H20FN5O2. The Labute approximate surface area is 138 Å². The van der Waals surface area contributed by atoms with E-state index in [1.807, 2.05) is 6.92 Å². The van der Waals surface area contributed by atoms with E-state index >= 15 is 0 Å². The lowest BCUT2D eigenvalue weighted by Crippen LogP contribution is -2.43. The number of aliphatic hydroxyl groups excluding tert-OH is 1. The van der Waals surface area contributed by atoms with Crippen LogP contribution in [0.2, 0.25) is 0 Å². The number of hydrogen-bond acceptors (Lipinski definition) is 5. The number of halogens is 1. The summed E-state index contributed by atoms with van der Waals surface area (Å²) < 4.78 is 15.6. The Morgan fingerprint density at radius 2 is 2.29 bits per heavy atom. The van der Waals surface area contributed by atoms with Crippen LogP contribution in [0, 0.1) is 12.7 Å². The number of benzene rings is 1. The van der Waals surface area contributed by atoms with E-state index in [2.05, 4.69) is 10.3 Å². The van der Waals surface area contributed by atoms with Gasteiger partial charge in [-0.3, -0.25) is 4.79 Å². The molecule has 1 aromatic heterocycles. The molecule has 3 N–H and O–H groups in total. The Bertz CT molecular complexity index is 748. The van der Waals surface area contributed by atoms with Crippen molar-refractivity contribution in [1.82, 2.24) is 15.0 Å². The third kappa shape index (κ3) is 3.02. The quantitative estimate of drug-likeness (QED) is 0.873. The van der Waals surface area contributed by atoms with Gasteiger partial charge < -0.3 is 15.7 Å². The zero-order valence-electron chi connectivity index (χ0n) is 13.4. The lowest BCUT2D eigenvalue weighted by Gasteiger charge is -2.32.